The fourth-order valence-electron chi connectivity index (χ4n) is 1.91. The molecule has 7 heteroatoms. The van der Waals surface area contributed by atoms with Gasteiger partial charge in [-0.05, 0) is 23.8 Å². The van der Waals surface area contributed by atoms with Crippen molar-refractivity contribution in [3.63, 3.8) is 0 Å². The number of halogens is 4. The lowest BCUT2D eigenvalue weighted by Crippen LogP contribution is -2.53. The highest BCUT2D eigenvalue weighted by atomic mass is 35.6. The third kappa shape index (κ3) is 5.87. The largest absolute Gasteiger partial charge is 0.333 e. The number of hydrogen-bond donors (Lipinski definition) is 2. The fourth-order valence-corrected chi connectivity index (χ4v) is 2.49. The Labute approximate surface area is 154 Å². The van der Waals surface area contributed by atoms with Gasteiger partial charge < -0.3 is 5.32 Å². The highest BCUT2D eigenvalue weighted by Gasteiger charge is 2.33. The van der Waals surface area contributed by atoms with Gasteiger partial charge in [-0.1, -0.05) is 82.8 Å². The van der Waals surface area contributed by atoms with Crippen molar-refractivity contribution in [1.29, 1.82) is 0 Å². The standard InChI is InChI=1S/C16H14Cl4N2O/c17-13-8-4-7-12(9-13)14(23)22-15(16(18,19)20)21-10-11-5-2-1-3-6-11/h1-9,15,21H,10H2,(H,22,23)/t15-/m1/s1. The molecule has 3 nitrogen and oxygen atoms in total. The van der Waals surface area contributed by atoms with Gasteiger partial charge in [-0.3, -0.25) is 10.1 Å². The van der Waals surface area contributed by atoms with Crippen molar-refractivity contribution in [3.05, 3.63) is 70.7 Å². The molecule has 0 saturated heterocycles. The Balaban J connectivity index is 2.05. The first-order valence-electron chi connectivity index (χ1n) is 6.77. The third-order valence-electron chi connectivity index (χ3n) is 3.04. The minimum absolute atomic E-state index is 0.385. The number of nitrogens with one attached hydrogen (secondary N) is 2. The molecule has 122 valence electrons. The summed E-state index contributed by atoms with van der Waals surface area (Å²) in [6, 6.07) is 16.1. The average Bonchev–Trinajstić information content (AvgIpc) is 2.51. The lowest BCUT2D eigenvalue weighted by Gasteiger charge is -2.26. The monoisotopic (exact) mass is 390 g/mol. The molecule has 0 bridgehead atoms. The number of carbonyl (C=O) groups excluding carboxylic acids is 1. The van der Waals surface area contributed by atoms with E-state index in [0.717, 1.165) is 5.56 Å². The number of alkyl halides is 3. The number of carbonyl (C=O) groups is 1. The normalized spacial score (nSPS) is 12.7. The lowest BCUT2D eigenvalue weighted by molar-refractivity contribution is 0.0929. The molecular formula is C16H14Cl4N2O. The zero-order valence-electron chi connectivity index (χ0n) is 11.9. The molecule has 0 saturated carbocycles. The second-order valence-electron chi connectivity index (χ2n) is 4.82. The zero-order valence-corrected chi connectivity index (χ0v) is 14.9. The molecule has 1 amide bonds. The van der Waals surface area contributed by atoms with E-state index >= 15 is 0 Å². The number of hydrogen-bond acceptors (Lipinski definition) is 2. The Morgan fingerprint density at radius 3 is 2.35 bits per heavy atom. The molecular weight excluding hydrogens is 378 g/mol. The van der Waals surface area contributed by atoms with E-state index in [9.17, 15) is 4.79 Å². The van der Waals surface area contributed by atoms with Crippen LogP contribution in [0.15, 0.2) is 54.6 Å². The van der Waals surface area contributed by atoms with E-state index in [1.807, 2.05) is 30.3 Å². The first-order valence-corrected chi connectivity index (χ1v) is 8.28. The maximum Gasteiger partial charge on any atom is 0.252 e. The van der Waals surface area contributed by atoms with E-state index in [2.05, 4.69) is 10.6 Å². The molecule has 0 heterocycles. The van der Waals surface area contributed by atoms with Gasteiger partial charge in [0.15, 0.2) is 0 Å². The Morgan fingerprint density at radius 2 is 1.74 bits per heavy atom. The molecule has 2 aromatic rings. The number of benzene rings is 2. The molecule has 1 atom stereocenters. The van der Waals surface area contributed by atoms with E-state index in [-0.39, 0.29) is 5.91 Å². The van der Waals surface area contributed by atoms with E-state index in [1.165, 1.54) is 0 Å². The van der Waals surface area contributed by atoms with E-state index in [4.69, 9.17) is 46.4 Å². The van der Waals surface area contributed by atoms with Gasteiger partial charge in [0.1, 0.15) is 6.17 Å². The molecule has 0 aromatic heterocycles. The van der Waals surface area contributed by atoms with Crippen LogP contribution in [0.3, 0.4) is 0 Å². The summed E-state index contributed by atoms with van der Waals surface area (Å²) in [5.41, 5.74) is 1.39. The van der Waals surface area contributed by atoms with Gasteiger partial charge >= 0.3 is 0 Å². The van der Waals surface area contributed by atoms with Crippen LogP contribution in [0.4, 0.5) is 0 Å². The summed E-state index contributed by atoms with van der Waals surface area (Å²) >= 11 is 23.8. The minimum Gasteiger partial charge on any atom is -0.333 e. The second kappa shape index (κ2) is 8.22. The Kier molecular flexibility index (Phi) is 6.57. The average molecular weight is 392 g/mol. The van der Waals surface area contributed by atoms with Crippen LogP contribution in [0.5, 0.6) is 0 Å². The van der Waals surface area contributed by atoms with E-state index < -0.39 is 9.96 Å². The second-order valence-corrected chi connectivity index (χ2v) is 7.63. The quantitative estimate of drug-likeness (QED) is 0.579. The van der Waals surface area contributed by atoms with Gasteiger partial charge in [-0.2, -0.15) is 0 Å². The Hall–Kier alpha value is -0.970. The topological polar surface area (TPSA) is 41.1 Å². The van der Waals surface area contributed by atoms with Crippen LogP contribution < -0.4 is 10.6 Å². The third-order valence-corrected chi connectivity index (χ3v) is 3.93. The van der Waals surface area contributed by atoms with Crippen molar-refractivity contribution in [2.45, 2.75) is 16.5 Å². The maximum atomic E-state index is 12.3. The van der Waals surface area contributed by atoms with Crippen molar-refractivity contribution in [2.24, 2.45) is 0 Å². The van der Waals surface area contributed by atoms with Gasteiger partial charge in [-0.15, -0.1) is 0 Å². The maximum absolute atomic E-state index is 12.3. The van der Waals surface area contributed by atoms with Gasteiger partial charge in [0.05, 0.1) is 0 Å². The van der Waals surface area contributed by atoms with Crippen molar-refractivity contribution in [2.75, 3.05) is 0 Å². The molecule has 2 rings (SSSR count). The molecule has 2 aromatic carbocycles. The molecule has 0 spiro atoms. The predicted molar refractivity (Wildman–Crippen MR) is 96.3 cm³/mol. The van der Waals surface area contributed by atoms with Crippen LogP contribution in [0, 0.1) is 0 Å². The summed E-state index contributed by atoms with van der Waals surface area (Å²) in [7, 11) is 0. The summed E-state index contributed by atoms with van der Waals surface area (Å²) in [6.07, 6.45) is -0.862. The lowest BCUT2D eigenvalue weighted by atomic mass is 10.2. The van der Waals surface area contributed by atoms with Crippen LogP contribution >= 0.6 is 46.4 Å². The fraction of sp³-hybridized carbons (Fsp3) is 0.188. The number of amides is 1. The first-order chi connectivity index (χ1) is 10.9. The summed E-state index contributed by atoms with van der Waals surface area (Å²) in [5.74, 6) is -0.385. The Morgan fingerprint density at radius 1 is 1.04 bits per heavy atom. The van der Waals surface area contributed by atoms with Crippen molar-refractivity contribution in [1.82, 2.24) is 10.6 Å². The SMILES string of the molecule is O=C(N[C@@H](NCc1ccccc1)C(Cl)(Cl)Cl)c1cccc(Cl)c1. The smallest absolute Gasteiger partial charge is 0.252 e. The molecule has 0 unspecified atom stereocenters. The zero-order chi connectivity index (χ0) is 16.9. The highest BCUT2D eigenvalue weighted by molar-refractivity contribution is 6.68. The van der Waals surface area contributed by atoms with Gasteiger partial charge in [0.25, 0.3) is 5.91 Å². The van der Waals surface area contributed by atoms with E-state index in [0.29, 0.717) is 17.1 Å². The molecule has 0 radical (unpaired) electrons. The summed E-state index contributed by atoms with van der Waals surface area (Å²) in [6.45, 7) is 0.440. The van der Waals surface area contributed by atoms with Crippen LogP contribution in [-0.4, -0.2) is 15.9 Å². The summed E-state index contributed by atoms with van der Waals surface area (Å²) in [4.78, 5) is 12.3. The molecule has 23 heavy (non-hydrogen) atoms. The van der Waals surface area contributed by atoms with Gasteiger partial charge in [-0.25, -0.2) is 0 Å². The van der Waals surface area contributed by atoms with Crippen molar-refractivity contribution in [3.8, 4) is 0 Å². The first kappa shape index (κ1) is 18.4. The van der Waals surface area contributed by atoms with Crippen molar-refractivity contribution < 1.29 is 4.79 Å². The molecule has 0 aliphatic heterocycles. The summed E-state index contributed by atoms with van der Waals surface area (Å²) < 4.78 is -1.71. The molecule has 0 fully saturated rings. The molecule has 0 aliphatic rings. The number of rotatable bonds is 5. The van der Waals surface area contributed by atoms with Crippen LogP contribution in [-0.2, 0) is 6.54 Å². The predicted octanol–water partition coefficient (Wildman–Crippen LogP) is 4.56. The van der Waals surface area contributed by atoms with Crippen LogP contribution in [0.25, 0.3) is 0 Å². The Bertz CT molecular complexity index is 659. The van der Waals surface area contributed by atoms with Crippen molar-refractivity contribution >= 4 is 52.3 Å². The van der Waals surface area contributed by atoms with Crippen LogP contribution in [0.2, 0.25) is 5.02 Å². The molecule has 2 N–H and O–H groups in total. The summed E-state index contributed by atoms with van der Waals surface area (Å²) in [5, 5.41) is 6.16. The van der Waals surface area contributed by atoms with Gasteiger partial charge in [0, 0.05) is 17.1 Å². The minimum atomic E-state index is -1.71. The highest BCUT2D eigenvalue weighted by Crippen LogP contribution is 2.29. The molecule has 0 aliphatic carbocycles. The van der Waals surface area contributed by atoms with Crippen LogP contribution in [0.1, 0.15) is 15.9 Å². The van der Waals surface area contributed by atoms with E-state index in [1.54, 1.807) is 24.3 Å². The van der Waals surface area contributed by atoms with Gasteiger partial charge in [0.2, 0.25) is 3.79 Å².